The maximum Gasteiger partial charge on any atom is 0.338 e. The summed E-state index contributed by atoms with van der Waals surface area (Å²) < 4.78 is 10.1. The van der Waals surface area contributed by atoms with Gasteiger partial charge in [-0.1, -0.05) is 18.2 Å². The Morgan fingerprint density at radius 2 is 1.72 bits per heavy atom. The van der Waals surface area contributed by atoms with Crippen molar-refractivity contribution in [2.75, 3.05) is 13.7 Å². The van der Waals surface area contributed by atoms with Gasteiger partial charge in [0.15, 0.2) is 6.61 Å². The number of amides is 1. The molecule has 0 unspecified atom stereocenters. The highest BCUT2D eigenvalue weighted by atomic mass is 16.5. The first-order valence-corrected chi connectivity index (χ1v) is 8.08. The fourth-order valence-electron chi connectivity index (χ4n) is 2.34. The molecule has 0 aliphatic heterocycles. The molecule has 0 heterocycles. The van der Waals surface area contributed by atoms with E-state index in [4.69, 9.17) is 9.47 Å². The Morgan fingerprint density at radius 3 is 2.32 bits per heavy atom. The average Bonchev–Trinajstić information content (AvgIpc) is 2.62. The van der Waals surface area contributed by atoms with Crippen LogP contribution in [0.3, 0.4) is 0 Å². The largest absolute Gasteiger partial charge is 0.497 e. The van der Waals surface area contributed by atoms with Gasteiger partial charge in [-0.2, -0.15) is 0 Å². The highest BCUT2D eigenvalue weighted by Crippen LogP contribution is 2.17. The molecule has 2 rings (SSSR count). The number of nitrogens with one attached hydrogen (secondary N) is 1. The number of hydrogen-bond acceptors (Lipinski definition) is 4. The van der Waals surface area contributed by atoms with Crippen LogP contribution in [0.1, 0.15) is 40.0 Å². The molecule has 0 fully saturated rings. The smallest absolute Gasteiger partial charge is 0.338 e. The van der Waals surface area contributed by atoms with Crippen LogP contribution >= 0.6 is 0 Å². The molecule has 5 heteroatoms. The number of methoxy groups -OCH3 is 1. The van der Waals surface area contributed by atoms with Crippen molar-refractivity contribution in [3.05, 3.63) is 64.7 Å². The Balaban J connectivity index is 1.86. The van der Waals surface area contributed by atoms with Gasteiger partial charge in [-0.3, -0.25) is 4.79 Å². The maximum absolute atomic E-state index is 12.0. The summed E-state index contributed by atoms with van der Waals surface area (Å²) in [7, 11) is 1.55. The number of benzene rings is 2. The van der Waals surface area contributed by atoms with Gasteiger partial charge in [-0.05, 0) is 61.7 Å². The summed E-state index contributed by atoms with van der Waals surface area (Å²) in [4.78, 5) is 24.0. The molecule has 1 amide bonds. The topological polar surface area (TPSA) is 64.6 Å². The normalized spacial score (nSPS) is 11.5. The van der Waals surface area contributed by atoms with Gasteiger partial charge in [-0.15, -0.1) is 0 Å². The molecule has 0 bridgehead atoms. The number of aryl methyl sites for hydroxylation is 2. The van der Waals surface area contributed by atoms with E-state index in [1.54, 1.807) is 31.4 Å². The second-order valence-electron chi connectivity index (χ2n) is 5.94. The minimum atomic E-state index is -0.545. The van der Waals surface area contributed by atoms with E-state index in [-0.39, 0.29) is 18.6 Å². The summed E-state index contributed by atoms with van der Waals surface area (Å²) in [5, 5.41) is 2.83. The number of esters is 1. The molecule has 0 spiro atoms. The van der Waals surface area contributed by atoms with Crippen molar-refractivity contribution in [2.45, 2.75) is 26.8 Å². The van der Waals surface area contributed by atoms with Crippen LogP contribution in [0.4, 0.5) is 0 Å². The molecule has 1 atom stereocenters. The number of carbonyl (C=O) groups is 2. The molecule has 5 nitrogen and oxygen atoms in total. The zero-order valence-electron chi connectivity index (χ0n) is 15.0. The molecule has 2 aromatic rings. The van der Waals surface area contributed by atoms with Crippen molar-refractivity contribution in [2.24, 2.45) is 0 Å². The van der Waals surface area contributed by atoms with Gasteiger partial charge < -0.3 is 14.8 Å². The third kappa shape index (κ3) is 5.08. The number of hydrogen-bond donors (Lipinski definition) is 1. The van der Waals surface area contributed by atoms with E-state index < -0.39 is 5.97 Å². The Labute approximate surface area is 148 Å². The summed E-state index contributed by atoms with van der Waals surface area (Å²) in [5.41, 5.74) is 3.76. The van der Waals surface area contributed by atoms with Crippen LogP contribution in [0.15, 0.2) is 42.5 Å². The van der Waals surface area contributed by atoms with Crippen LogP contribution in [0.5, 0.6) is 5.75 Å². The summed E-state index contributed by atoms with van der Waals surface area (Å²) in [6, 6.07) is 12.4. The lowest BCUT2D eigenvalue weighted by Gasteiger charge is -2.15. The first-order valence-electron chi connectivity index (χ1n) is 8.08. The van der Waals surface area contributed by atoms with E-state index in [9.17, 15) is 9.59 Å². The number of carbonyl (C=O) groups excluding carboxylic acids is 2. The Bertz CT molecular complexity index is 753. The zero-order chi connectivity index (χ0) is 18.4. The van der Waals surface area contributed by atoms with E-state index in [0.29, 0.717) is 11.3 Å². The predicted molar refractivity (Wildman–Crippen MR) is 95.8 cm³/mol. The molecule has 0 saturated heterocycles. The van der Waals surface area contributed by atoms with E-state index >= 15 is 0 Å². The second kappa shape index (κ2) is 8.33. The second-order valence-corrected chi connectivity index (χ2v) is 5.94. The molecule has 0 aliphatic carbocycles. The molecule has 0 aliphatic rings. The van der Waals surface area contributed by atoms with Gasteiger partial charge in [0.25, 0.3) is 5.91 Å². The third-order valence-electron chi connectivity index (χ3n) is 4.07. The van der Waals surface area contributed by atoms with Crippen LogP contribution in [-0.4, -0.2) is 25.6 Å². The highest BCUT2D eigenvalue weighted by Gasteiger charge is 2.13. The zero-order valence-corrected chi connectivity index (χ0v) is 15.0. The molecular formula is C20H23NO4. The monoisotopic (exact) mass is 341 g/mol. The lowest BCUT2D eigenvalue weighted by Crippen LogP contribution is -2.31. The summed E-state index contributed by atoms with van der Waals surface area (Å²) in [6.45, 7) is 5.65. The molecular weight excluding hydrogens is 318 g/mol. The van der Waals surface area contributed by atoms with Crippen LogP contribution in [0.25, 0.3) is 0 Å². The van der Waals surface area contributed by atoms with Crippen molar-refractivity contribution >= 4 is 11.9 Å². The predicted octanol–water partition coefficient (Wildman–Crippen LogP) is 3.35. The number of ether oxygens (including phenoxy) is 2. The van der Waals surface area contributed by atoms with Gasteiger partial charge in [0.2, 0.25) is 0 Å². The minimum Gasteiger partial charge on any atom is -0.497 e. The van der Waals surface area contributed by atoms with Gasteiger partial charge in [-0.25, -0.2) is 4.79 Å². The van der Waals surface area contributed by atoms with Crippen molar-refractivity contribution in [3.8, 4) is 5.75 Å². The number of rotatable bonds is 6. The Hall–Kier alpha value is -2.82. The molecule has 25 heavy (non-hydrogen) atoms. The van der Waals surface area contributed by atoms with Crippen LogP contribution in [0, 0.1) is 13.8 Å². The first-order chi connectivity index (χ1) is 11.9. The minimum absolute atomic E-state index is 0.161. The van der Waals surface area contributed by atoms with Crippen molar-refractivity contribution in [1.29, 1.82) is 0 Å². The van der Waals surface area contributed by atoms with Crippen LogP contribution in [-0.2, 0) is 9.53 Å². The average molecular weight is 341 g/mol. The standard InChI is InChI=1S/C20H23NO4/c1-13-5-6-17(11-14(13)2)15(3)21-19(22)12-25-20(23)16-7-9-18(24-4)10-8-16/h5-11,15H,12H2,1-4H3,(H,21,22)/t15-/m1/s1. The maximum atomic E-state index is 12.0. The molecule has 0 radical (unpaired) electrons. The summed E-state index contributed by atoms with van der Waals surface area (Å²) in [5.74, 6) is -0.235. The first kappa shape index (κ1) is 18.5. The van der Waals surface area contributed by atoms with Gasteiger partial charge in [0, 0.05) is 0 Å². The SMILES string of the molecule is COc1ccc(C(=O)OCC(=O)N[C@H](C)c2ccc(C)c(C)c2)cc1. The van der Waals surface area contributed by atoms with Crippen LogP contribution < -0.4 is 10.1 Å². The van der Waals surface area contributed by atoms with Crippen LogP contribution in [0.2, 0.25) is 0 Å². The third-order valence-corrected chi connectivity index (χ3v) is 4.07. The fourth-order valence-corrected chi connectivity index (χ4v) is 2.34. The quantitative estimate of drug-likeness (QED) is 0.819. The van der Waals surface area contributed by atoms with E-state index in [1.807, 2.05) is 39.0 Å². The molecule has 132 valence electrons. The van der Waals surface area contributed by atoms with E-state index in [0.717, 1.165) is 5.56 Å². The van der Waals surface area contributed by atoms with E-state index in [1.165, 1.54) is 11.1 Å². The summed E-state index contributed by atoms with van der Waals surface area (Å²) in [6.07, 6.45) is 0. The fraction of sp³-hybridized carbons (Fsp3) is 0.300. The molecule has 0 aromatic heterocycles. The van der Waals surface area contributed by atoms with Crippen molar-refractivity contribution in [3.63, 3.8) is 0 Å². The highest BCUT2D eigenvalue weighted by molar-refractivity contribution is 5.91. The molecule has 1 N–H and O–H groups in total. The van der Waals surface area contributed by atoms with E-state index in [2.05, 4.69) is 5.32 Å². The lowest BCUT2D eigenvalue weighted by molar-refractivity contribution is -0.124. The lowest BCUT2D eigenvalue weighted by atomic mass is 10.0. The van der Waals surface area contributed by atoms with Gasteiger partial charge in [0.05, 0.1) is 18.7 Å². The van der Waals surface area contributed by atoms with Crippen molar-refractivity contribution in [1.82, 2.24) is 5.32 Å². The summed E-state index contributed by atoms with van der Waals surface area (Å²) >= 11 is 0. The Kier molecular flexibility index (Phi) is 6.17. The van der Waals surface area contributed by atoms with Crippen molar-refractivity contribution < 1.29 is 19.1 Å². The van der Waals surface area contributed by atoms with Gasteiger partial charge in [0.1, 0.15) is 5.75 Å². The molecule has 2 aromatic carbocycles. The molecule has 0 saturated carbocycles. The Morgan fingerprint density at radius 1 is 1.04 bits per heavy atom. The van der Waals surface area contributed by atoms with Gasteiger partial charge >= 0.3 is 5.97 Å².